The predicted octanol–water partition coefficient (Wildman–Crippen LogP) is 1.39. The Morgan fingerprint density at radius 2 is 0.946 bits per heavy atom. The zero-order valence-corrected chi connectivity index (χ0v) is 26.4. The summed E-state index contributed by atoms with van der Waals surface area (Å²) in [6.45, 7) is 21.1. The van der Waals surface area contributed by atoms with Crippen molar-refractivity contribution in [1.82, 2.24) is 9.80 Å². The first-order valence-corrected chi connectivity index (χ1v) is 15.5. The molecule has 0 saturated heterocycles. The number of ketones is 2. The van der Waals surface area contributed by atoms with Crippen LogP contribution in [0.25, 0.3) is 0 Å². The van der Waals surface area contributed by atoms with E-state index < -0.39 is 48.9 Å². The van der Waals surface area contributed by atoms with Gasteiger partial charge in [-0.05, 0) is 12.8 Å². The van der Waals surface area contributed by atoms with Crippen LogP contribution in [0, 0.1) is 0 Å². The molecule has 0 bridgehead atoms. The van der Waals surface area contributed by atoms with Gasteiger partial charge in [0.25, 0.3) is 0 Å². The van der Waals surface area contributed by atoms with Crippen molar-refractivity contribution in [1.29, 1.82) is 0 Å². The Kier molecular flexibility index (Phi) is 34.2. The summed E-state index contributed by atoms with van der Waals surface area (Å²) in [5.74, 6) is -3.07. The standard InChI is InChI=1S/2C7H16NO.2C6H10O3.Zr/c2*1-3-8(4-2)6-5-7-9;2*1-2-3-5(7)4-6(8)9;/h2*3-7H2,1-2H3;2*2-4H2,1H3,(H,8,9);/q2*-1;;;+4/p-2. The van der Waals surface area contributed by atoms with Crippen molar-refractivity contribution in [2.75, 3.05) is 52.5 Å². The van der Waals surface area contributed by atoms with E-state index in [2.05, 4.69) is 37.5 Å². The van der Waals surface area contributed by atoms with Crippen LogP contribution in [-0.2, 0) is 48.9 Å². The van der Waals surface area contributed by atoms with Gasteiger partial charge in [0.05, 0.1) is 0 Å². The molecule has 0 saturated carbocycles. The third-order valence-electron chi connectivity index (χ3n) is 5.09. The van der Waals surface area contributed by atoms with Crippen LogP contribution < -0.4 is 10.2 Å². The Labute approximate surface area is 237 Å². The van der Waals surface area contributed by atoms with Crippen LogP contribution in [0.15, 0.2) is 0 Å². The van der Waals surface area contributed by atoms with Crippen molar-refractivity contribution >= 4 is 23.5 Å². The molecule has 0 heterocycles. The molecule has 0 aromatic rings. The van der Waals surface area contributed by atoms with Gasteiger partial charge in [-0.3, -0.25) is 9.59 Å². The number of carboxylic acid groups (broad SMARTS) is 2. The van der Waals surface area contributed by atoms with Crippen molar-refractivity contribution < 1.29 is 59.1 Å². The third-order valence-corrected chi connectivity index (χ3v) is 6.67. The van der Waals surface area contributed by atoms with Crippen LogP contribution in [0.4, 0.5) is 0 Å². The minimum atomic E-state index is -1.28. The molecule has 0 aliphatic carbocycles. The molecule has 216 valence electrons. The van der Waals surface area contributed by atoms with Gasteiger partial charge in [0.15, 0.2) is 0 Å². The van der Waals surface area contributed by atoms with Crippen LogP contribution in [0.3, 0.4) is 0 Å². The summed E-state index contributed by atoms with van der Waals surface area (Å²) in [5.41, 5.74) is 0. The molecular formula is C26H50N2O8Zr. The molecule has 11 heteroatoms. The molecule has 0 spiro atoms. The van der Waals surface area contributed by atoms with E-state index >= 15 is 0 Å². The summed E-state index contributed by atoms with van der Waals surface area (Å²) < 4.78 is 11.3. The van der Waals surface area contributed by atoms with Gasteiger partial charge >= 0.3 is 133 Å². The summed E-state index contributed by atoms with van der Waals surface area (Å²) in [6.07, 6.45) is 3.47. The van der Waals surface area contributed by atoms with Gasteiger partial charge in [-0.25, -0.2) is 0 Å². The number of hydrogen-bond acceptors (Lipinski definition) is 10. The number of Topliss-reactive ketones (excluding diaryl/α,β-unsaturated/α-hetero) is 2. The molecule has 0 fully saturated rings. The second-order valence-corrected chi connectivity index (χ2v) is 10.0. The minimum absolute atomic E-state index is 0.252. The van der Waals surface area contributed by atoms with Crippen molar-refractivity contribution in [3.05, 3.63) is 0 Å². The maximum atomic E-state index is 10.4. The summed E-state index contributed by atoms with van der Waals surface area (Å²) in [7, 11) is 0. The Morgan fingerprint density at radius 3 is 1.19 bits per heavy atom. The average molecular weight is 610 g/mol. The van der Waals surface area contributed by atoms with Crippen LogP contribution in [0.2, 0.25) is 0 Å². The third kappa shape index (κ3) is 35.0. The Bertz CT molecular complexity index is 523. The van der Waals surface area contributed by atoms with Crippen LogP contribution in [0.1, 0.15) is 92.9 Å². The maximum absolute atomic E-state index is 10.4. The van der Waals surface area contributed by atoms with Gasteiger partial charge in [-0.1, -0.05) is 13.8 Å². The molecule has 0 radical (unpaired) electrons. The topological polar surface area (TPSA) is 139 Å². The number of carbonyl (C=O) groups is 4. The van der Waals surface area contributed by atoms with E-state index in [0.29, 0.717) is 25.7 Å². The van der Waals surface area contributed by atoms with E-state index in [1.54, 1.807) is 0 Å². The monoisotopic (exact) mass is 608 g/mol. The average Bonchev–Trinajstić information content (AvgIpc) is 2.83. The molecule has 0 amide bonds. The second-order valence-electron chi connectivity index (χ2n) is 8.22. The van der Waals surface area contributed by atoms with Crippen LogP contribution >= 0.6 is 0 Å². The first-order chi connectivity index (χ1) is 17.6. The summed E-state index contributed by atoms with van der Waals surface area (Å²) in [4.78, 5) is 45.2. The number of hydrogen-bond donors (Lipinski definition) is 0. The molecular weight excluding hydrogens is 560 g/mol. The Hall–Kier alpha value is -0.997. The molecule has 0 unspecified atom stereocenters. The zero-order valence-electron chi connectivity index (χ0n) is 24.0. The summed E-state index contributed by atoms with van der Waals surface area (Å²) >= 11 is -1.01. The Balaban J connectivity index is -0.000000534. The first kappa shape index (κ1) is 40.5. The fourth-order valence-corrected chi connectivity index (χ4v) is 4.31. The van der Waals surface area contributed by atoms with E-state index in [0.717, 1.165) is 65.3 Å². The normalized spacial score (nSPS) is 10.2. The van der Waals surface area contributed by atoms with Crippen molar-refractivity contribution in [3.8, 4) is 0 Å². The molecule has 0 N–H and O–H groups in total. The van der Waals surface area contributed by atoms with Gasteiger partial charge < -0.3 is 19.8 Å². The number of carbonyl (C=O) groups excluding carboxylic acids is 4. The van der Waals surface area contributed by atoms with Gasteiger partial charge in [0.1, 0.15) is 11.6 Å². The van der Waals surface area contributed by atoms with E-state index in [9.17, 15) is 29.4 Å². The SMILES string of the molecule is CCCC(=O)CC(=O)[O-].CCCC(=O)CC(=O)[O-].CCN(CC)CCC[O][Zr+2][O]CCCN(CC)CC. The van der Waals surface area contributed by atoms with Gasteiger partial charge in [0, 0.05) is 37.6 Å². The predicted molar refractivity (Wildman–Crippen MR) is 136 cm³/mol. The Morgan fingerprint density at radius 1 is 0.622 bits per heavy atom. The van der Waals surface area contributed by atoms with Gasteiger partial charge in [-0.2, -0.15) is 0 Å². The van der Waals surface area contributed by atoms with E-state index in [1.165, 1.54) is 0 Å². The fourth-order valence-electron chi connectivity index (χ4n) is 2.98. The molecule has 10 nitrogen and oxygen atoms in total. The molecule has 0 aliphatic heterocycles. The van der Waals surface area contributed by atoms with Gasteiger partial charge in [-0.15, -0.1) is 0 Å². The number of aliphatic carboxylic acids is 2. The number of rotatable bonds is 22. The first-order valence-electron chi connectivity index (χ1n) is 13.5. The molecule has 37 heavy (non-hydrogen) atoms. The second kappa shape index (κ2) is 31.2. The van der Waals surface area contributed by atoms with E-state index in [-0.39, 0.29) is 11.6 Å². The molecule has 0 aromatic carbocycles. The molecule has 0 aliphatic rings. The van der Waals surface area contributed by atoms with Gasteiger partial charge in [0.2, 0.25) is 0 Å². The number of nitrogens with zero attached hydrogens (tertiary/aromatic N) is 2. The fraction of sp³-hybridized carbons (Fsp3) is 0.846. The quantitative estimate of drug-likeness (QED) is 0.131. The van der Waals surface area contributed by atoms with Crippen LogP contribution in [-0.4, -0.2) is 85.8 Å². The zero-order chi connectivity index (χ0) is 28.9. The van der Waals surface area contributed by atoms with E-state index in [4.69, 9.17) is 5.63 Å². The van der Waals surface area contributed by atoms with E-state index in [1.807, 2.05) is 13.8 Å². The molecule has 0 atom stereocenters. The van der Waals surface area contributed by atoms with Crippen LogP contribution in [0.5, 0.6) is 0 Å². The summed E-state index contributed by atoms with van der Waals surface area (Å²) in [5, 5.41) is 19.5. The van der Waals surface area contributed by atoms with Crippen molar-refractivity contribution in [2.24, 2.45) is 0 Å². The van der Waals surface area contributed by atoms with Crippen molar-refractivity contribution in [2.45, 2.75) is 92.9 Å². The molecule has 0 aromatic heterocycles. The van der Waals surface area contributed by atoms with Crippen molar-refractivity contribution in [3.63, 3.8) is 0 Å². The number of carboxylic acids is 2. The summed E-state index contributed by atoms with van der Waals surface area (Å²) in [6, 6.07) is 0. The molecule has 0 rings (SSSR count).